The first-order valence-corrected chi connectivity index (χ1v) is 14.6. The van der Waals surface area contributed by atoms with Crippen molar-refractivity contribution in [1.82, 2.24) is 20.3 Å². The molecule has 4 heterocycles. The number of imide groups is 1. The highest BCUT2D eigenvalue weighted by molar-refractivity contribution is 7.22. The highest BCUT2D eigenvalue weighted by Crippen LogP contribution is 2.42. The minimum Gasteiger partial charge on any atom is -0.492 e. The number of anilines is 1. The van der Waals surface area contributed by atoms with Crippen molar-refractivity contribution in [3.63, 3.8) is 0 Å². The summed E-state index contributed by atoms with van der Waals surface area (Å²) in [5.74, 6) is 1.68. The molecule has 2 amide bonds. The molecule has 3 aromatic heterocycles. The van der Waals surface area contributed by atoms with E-state index in [1.807, 2.05) is 48.7 Å². The molecule has 202 valence electrons. The van der Waals surface area contributed by atoms with E-state index in [9.17, 15) is 9.59 Å². The Morgan fingerprint density at radius 2 is 1.85 bits per heavy atom. The van der Waals surface area contributed by atoms with Crippen LogP contribution in [0.4, 0.5) is 5.82 Å². The molecule has 0 spiro atoms. The Hall–Kier alpha value is -3.60. The lowest BCUT2D eigenvalue weighted by molar-refractivity contribution is -0.135. The van der Waals surface area contributed by atoms with Crippen LogP contribution in [0.15, 0.2) is 53.4 Å². The molecule has 0 saturated heterocycles. The van der Waals surface area contributed by atoms with Crippen molar-refractivity contribution >= 4 is 50.5 Å². The number of hydrogen-bond acceptors (Lipinski definition) is 9. The van der Waals surface area contributed by atoms with E-state index in [0.29, 0.717) is 29.7 Å². The smallest absolute Gasteiger partial charge is 0.275 e. The molecule has 0 bridgehead atoms. The standard InChI is InChI=1S/C29H31N5O3S2/c1-17(2)11-12-30-13-14-37-21-9-7-20(8-10-21)25-19(4)24-27(33-34-23(35)16-18(3)29(34)36)31-26(32-28(24)39-25)22-6-5-15-38-22/h5-10,15-17,30H,11-14H2,1-4H3,(H,31,32,33). The SMILES string of the molecule is CC1=CC(=O)N(Nc2nc(-c3cccs3)nc3sc(-c4ccc(OCCNCCC(C)C)cc4)c(C)c23)C1=O. The second kappa shape index (κ2) is 11.6. The molecule has 0 atom stereocenters. The number of hydrazine groups is 1. The predicted octanol–water partition coefficient (Wildman–Crippen LogP) is 6.05. The highest BCUT2D eigenvalue weighted by Gasteiger charge is 2.30. The maximum atomic E-state index is 12.6. The quantitative estimate of drug-likeness (QED) is 0.170. The van der Waals surface area contributed by atoms with E-state index in [4.69, 9.17) is 14.7 Å². The molecule has 0 saturated carbocycles. The number of amides is 2. The lowest BCUT2D eigenvalue weighted by Crippen LogP contribution is -2.36. The molecule has 2 N–H and O–H groups in total. The third-order valence-electron chi connectivity index (χ3n) is 6.41. The van der Waals surface area contributed by atoms with E-state index in [-0.39, 0.29) is 5.91 Å². The molecular weight excluding hydrogens is 530 g/mol. The Bertz CT molecular complexity index is 1520. The molecule has 5 rings (SSSR count). The Labute approximate surface area is 235 Å². The zero-order valence-corrected chi connectivity index (χ0v) is 24.0. The van der Waals surface area contributed by atoms with E-state index in [1.54, 1.807) is 18.3 Å². The number of nitrogens with zero attached hydrogens (tertiary/aromatic N) is 3. The average molecular weight is 562 g/mol. The van der Waals surface area contributed by atoms with Crippen molar-refractivity contribution in [3.05, 3.63) is 59.0 Å². The number of rotatable bonds is 11. The van der Waals surface area contributed by atoms with Crippen molar-refractivity contribution in [3.8, 4) is 26.9 Å². The van der Waals surface area contributed by atoms with Crippen LogP contribution in [0.1, 0.15) is 32.8 Å². The Balaban J connectivity index is 1.41. The molecular formula is C29H31N5O3S2. The van der Waals surface area contributed by atoms with Gasteiger partial charge in [0.05, 0.1) is 10.3 Å². The molecule has 0 fully saturated rings. The van der Waals surface area contributed by atoms with Gasteiger partial charge in [-0.05, 0) is 79.6 Å². The summed E-state index contributed by atoms with van der Waals surface area (Å²) in [5, 5.41) is 7.17. The molecule has 1 aromatic carbocycles. The van der Waals surface area contributed by atoms with Gasteiger partial charge in [0.2, 0.25) is 0 Å². The summed E-state index contributed by atoms with van der Waals surface area (Å²) < 4.78 is 5.91. The third-order valence-corrected chi connectivity index (χ3v) is 8.51. The van der Waals surface area contributed by atoms with Gasteiger partial charge < -0.3 is 10.1 Å². The fraction of sp³-hybridized carbons (Fsp3) is 0.310. The summed E-state index contributed by atoms with van der Waals surface area (Å²) in [6, 6.07) is 11.9. The Kier molecular flexibility index (Phi) is 8.06. The largest absolute Gasteiger partial charge is 0.492 e. The number of hydrogen-bond donors (Lipinski definition) is 2. The van der Waals surface area contributed by atoms with Gasteiger partial charge in [-0.2, -0.15) is 5.01 Å². The van der Waals surface area contributed by atoms with Crippen LogP contribution in [-0.2, 0) is 9.59 Å². The van der Waals surface area contributed by atoms with Crippen LogP contribution in [0.5, 0.6) is 5.75 Å². The minimum atomic E-state index is -0.416. The van der Waals surface area contributed by atoms with Crippen molar-refractivity contribution in [1.29, 1.82) is 0 Å². The number of aryl methyl sites for hydroxylation is 1. The van der Waals surface area contributed by atoms with Crippen LogP contribution >= 0.6 is 22.7 Å². The van der Waals surface area contributed by atoms with Gasteiger partial charge in [0.25, 0.3) is 11.8 Å². The van der Waals surface area contributed by atoms with Gasteiger partial charge in [-0.15, -0.1) is 22.7 Å². The molecule has 4 aromatic rings. The highest BCUT2D eigenvalue weighted by atomic mass is 32.1. The number of ether oxygens (including phenoxy) is 1. The Morgan fingerprint density at radius 3 is 2.51 bits per heavy atom. The number of benzene rings is 1. The van der Waals surface area contributed by atoms with Crippen LogP contribution in [0, 0.1) is 12.8 Å². The summed E-state index contributed by atoms with van der Waals surface area (Å²) in [5.41, 5.74) is 5.38. The average Bonchev–Trinajstić information content (AvgIpc) is 3.62. The molecule has 10 heteroatoms. The summed E-state index contributed by atoms with van der Waals surface area (Å²) >= 11 is 3.09. The lowest BCUT2D eigenvalue weighted by atomic mass is 10.1. The first-order chi connectivity index (χ1) is 18.8. The summed E-state index contributed by atoms with van der Waals surface area (Å²) in [6.07, 6.45) is 2.48. The third kappa shape index (κ3) is 5.88. The topological polar surface area (TPSA) is 96.5 Å². The van der Waals surface area contributed by atoms with Gasteiger partial charge in [-0.25, -0.2) is 9.97 Å². The maximum absolute atomic E-state index is 12.6. The number of nitrogens with one attached hydrogen (secondary N) is 2. The second-order valence-corrected chi connectivity index (χ2v) is 11.8. The molecule has 0 aliphatic carbocycles. The van der Waals surface area contributed by atoms with Gasteiger partial charge in [-0.3, -0.25) is 15.0 Å². The maximum Gasteiger partial charge on any atom is 0.275 e. The fourth-order valence-electron chi connectivity index (χ4n) is 4.27. The number of carbonyl (C=O) groups is 2. The molecule has 8 nitrogen and oxygen atoms in total. The van der Waals surface area contributed by atoms with Crippen LogP contribution in [0.25, 0.3) is 31.4 Å². The Morgan fingerprint density at radius 1 is 1.05 bits per heavy atom. The van der Waals surface area contributed by atoms with Crippen LogP contribution in [0.2, 0.25) is 0 Å². The number of fused-ring (bicyclic) bond motifs is 1. The monoisotopic (exact) mass is 561 g/mol. The van der Waals surface area contributed by atoms with E-state index >= 15 is 0 Å². The summed E-state index contributed by atoms with van der Waals surface area (Å²) in [6.45, 7) is 10.5. The zero-order chi connectivity index (χ0) is 27.5. The molecule has 39 heavy (non-hydrogen) atoms. The first kappa shape index (κ1) is 27.0. The van der Waals surface area contributed by atoms with Crippen molar-refractivity contribution < 1.29 is 14.3 Å². The van der Waals surface area contributed by atoms with Gasteiger partial charge >= 0.3 is 0 Å². The van der Waals surface area contributed by atoms with E-state index in [1.165, 1.54) is 17.4 Å². The molecule has 1 aliphatic heterocycles. The van der Waals surface area contributed by atoms with Crippen LogP contribution < -0.4 is 15.5 Å². The molecule has 0 radical (unpaired) electrons. The predicted molar refractivity (Wildman–Crippen MR) is 158 cm³/mol. The lowest BCUT2D eigenvalue weighted by Gasteiger charge is -2.17. The van der Waals surface area contributed by atoms with Crippen molar-refractivity contribution in [2.24, 2.45) is 5.92 Å². The van der Waals surface area contributed by atoms with Gasteiger partial charge in [0.1, 0.15) is 17.2 Å². The normalized spacial score (nSPS) is 13.6. The van der Waals surface area contributed by atoms with E-state index in [2.05, 4.69) is 24.6 Å². The van der Waals surface area contributed by atoms with Gasteiger partial charge in [0.15, 0.2) is 11.6 Å². The van der Waals surface area contributed by atoms with E-state index in [0.717, 1.165) is 61.4 Å². The zero-order valence-electron chi connectivity index (χ0n) is 22.4. The van der Waals surface area contributed by atoms with Gasteiger partial charge in [0, 0.05) is 23.1 Å². The van der Waals surface area contributed by atoms with Crippen LogP contribution in [-0.4, -0.2) is 46.5 Å². The molecule has 0 unspecified atom stereocenters. The van der Waals surface area contributed by atoms with E-state index < -0.39 is 5.91 Å². The number of thiophene rings is 2. The van der Waals surface area contributed by atoms with Crippen molar-refractivity contribution in [2.75, 3.05) is 25.1 Å². The fourth-order valence-corrected chi connectivity index (χ4v) is 6.11. The second-order valence-electron chi connectivity index (χ2n) is 9.83. The first-order valence-electron chi connectivity index (χ1n) is 12.9. The minimum absolute atomic E-state index is 0.382. The van der Waals surface area contributed by atoms with Gasteiger partial charge in [-0.1, -0.05) is 19.9 Å². The summed E-state index contributed by atoms with van der Waals surface area (Å²) in [7, 11) is 0. The molecule has 1 aliphatic rings. The van der Waals surface area contributed by atoms with Crippen molar-refractivity contribution in [2.45, 2.75) is 34.1 Å². The number of carbonyl (C=O) groups excluding carboxylic acids is 2. The summed E-state index contributed by atoms with van der Waals surface area (Å²) in [4.78, 5) is 37.4. The van der Waals surface area contributed by atoms with Crippen LogP contribution in [0.3, 0.4) is 0 Å². The number of aromatic nitrogens is 2.